The number of aromatic nitrogens is 4. The second-order valence-electron chi connectivity index (χ2n) is 15.0. The summed E-state index contributed by atoms with van der Waals surface area (Å²) in [6.07, 6.45) is 13.5. The Morgan fingerprint density at radius 3 is 2.48 bits per heavy atom. The summed E-state index contributed by atoms with van der Waals surface area (Å²) < 4.78 is 39.2. The van der Waals surface area contributed by atoms with Crippen LogP contribution >= 0.6 is 11.6 Å². The Bertz CT molecular complexity index is 2280. The lowest BCUT2D eigenvalue weighted by Crippen LogP contribution is -2.43. The van der Waals surface area contributed by atoms with Crippen LogP contribution in [0, 0.1) is 24.5 Å². The molecule has 1 aliphatic heterocycles. The van der Waals surface area contributed by atoms with E-state index in [2.05, 4.69) is 32.1 Å². The Kier molecular flexibility index (Phi) is 17.3. The number of methoxy groups -OCH3 is 1. The fourth-order valence-electron chi connectivity index (χ4n) is 7.20. The molecule has 3 heterocycles. The highest BCUT2D eigenvalue weighted by molar-refractivity contribution is 6.34. The van der Waals surface area contributed by atoms with Crippen molar-refractivity contribution in [2.45, 2.75) is 58.4 Å². The molecule has 1 fully saturated rings. The third-order valence-corrected chi connectivity index (χ3v) is 11.0. The van der Waals surface area contributed by atoms with Crippen molar-refractivity contribution in [3.05, 3.63) is 100 Å². The summed E-state index contributed by atoms with van der Waals surface area (Å²) >= 11 is 6.56. The molecule has 4 aromatic rings. The van der Waals surface area contributed by atoms with Gasteiger partial charge >= 0.3 is 5.97 Å². The number of nitrogens with zero attached hydrogens (tertiary/aromatic N) is 5. The summed E-state index contributed by atoms with van der Waals surface area (Å²) in [5, 5.41) is 21.7. The van der Waals surface area contributed by atoms with Gasteiger partial charge in [0.05, 0.1) is 41.8 Å². The SMILES string of the molecule is COCCn1ncc(-c2ccc(-c3cnc(C(=O)Nc4ccc(C(=O)N5CCC(C(=O)NCCCC(/C=C\NCC(=O)O)=C/CCCCN)CC5)c(Cl)c4)n3C)c(F)c2F)c1C. The van der Waals surface area contributed by atoms with E-state index in [1.807, 2.05) is 6.08 Å². The predicted molar refractivity (Wildman–Crippen MR) is 232 cm³/mol. The van der Waals surface area contributed by atoms with Gasteiger partial charge in [-0.25, -0.2) is 13.8 Å². The van der Waals surface area contributed by atoms with Crippen LogP contribution in [0.3, 0.4) is 0 Å². The van der Waals surface area contributed by atoms with Gasteiger partial charge < -0.3 is 41.0 Å². The van der Waals surface area contributed by atoms with Crippen LogP contribution in [0.2, 0.25) is 5.02 Å². The summed E-state index contributed by atoms with van der Waals surface area (Å²) in [5.41, 5.74) is 8.42. The molecule has 0 saturated carbocycles. The first-order valence-electron chi connectivity index (χ1n) is 20.5. The zero-order chi connectivity index (χ0) is 44.8. The number of anilines is 1. The van der Waals surface area contributed by atoms with Gasteiger partial charge in [-0.1, -0.05) is 29.3 Å². The zero-order valence-electron chi connectivity index (χ0n) is 35.2. The van der Waals surface area contributed by atoms with E-state index in [0.717, 1.165) is 24.8 Å². The molecule has 2 aromatic heterocycles. The molecule has 5 rings (SSSR count). The Balaban J connectivity index is 1.12. The first-order chi connectivity index (χ1) is 29.8. The van der Waals surface area contributed by atoms with E-state index in [9.17, 15) is 19.2 Å². The predicted octanol–water partition coefficient (Wildman–Crippen LogP) is 6.08. The molecular weight excluding hydrogens is 824 g/mol. The average Bonchev–Trinajstić information content (AvgIpc) is 3.82. The number of benzene rings is 2. The van der Waals surface area contributed by atoms with Crippen molar-refractivity contribution in [3.63, 3.8) is 0 Å². The van der Waals surface area contributed by atoms with Gasteiger partial charge in [0.2, 0.25) is 5.91 Å². The summed E-state index contributed by atoms with van der Waals surface area (Å²) in [6.45, 7) is 4.29. The van der Waals surface area contributed by atoms with Gasteiger partial charge in [-0.15, -0.1) is 0 Å². The second kappa shape index (κ2) is 22.8. The molecule has 0 aliphatic carbocycles. The molecule has 1 aliphatic rings. The van der Waals surface area contributed by atoms with Crippen molar-refractivity contribution in [3.8, 4) is 22.4 Å². The van der Waals surface area contributed by atoms with E-state index >= 15 is 8.78 Å². The number of carbonyl (C=O) groups is 4. The number of imidazole rings is 1. The van der Waals surface area contributed by atoms with Gasteiger partial charge in [0, 0.05) is 67.8 Å². The van der Waals surface area contributed by atoms with Gasteiger partial charge in [0.15, 0.2) is 17.5 Å². The van der Waals surface area contributed by atoms with Gasteiger partial charge in [-0.05, 0) is 95.0 Å². The summed E-state index contributed by atoms with van der Waals surface area (Å²) in [6, 6.07) is 7.41. The normalized spacial score (nSPS) is 13.5. The number of allylic oxidation sites excluding steroid dienone is 3. The minimum absolute atomic E-state index is 0.0514. The highest BCUT2D eigenvalue weighted by Crippen LogP contribution is 2.33. The maximum atomic E-state index is 15.6. The van der Waals surface area contributed by atoms with Crippen LogP contribution in [0.5, 0.6) is 0 Å². The smallest absolute Gasteiger partial charge is 0.322 e. The highest BCUT2D eigenvalue weighted by Gasteiger charge is 2.29. The highest BCUT2D eigenvalue weighted by atomic mass is 35.5. The van der Waals surface area contributed by atoms with Gasteiger partial charge in [-0.3, -0.25) is 23.9 Å². The number of nitrogens with two attached hydrogens (primary N) is 1. The van der Waals surface area contributed by atoms with Gasteiger partial charge in [-0.2, -0.15) is 5.10 Å². The Labute approximate surface area is 364 Å². The summed E-state index contributed by atoms with van der Waals surface area (Å²) in [4.78, 5) is 56.4. The lowest BCUT2D eigenvalue weighted by atomic mass is 9.95. The van der Waals surface area contributed by atoms with Crippen molar-refractivity contribution in [2.24, 2.45) is 18.7 Å². The van der Waals surface area contributed by atoms with E-state index < -0.39 is 23.5 Å². The van der Waals surface area contributed by atoms with Crippen LogP contribution in [0.1, 0.15) is 71.6 Å². The number of likely N-dealkylation sites (tertiary alicyclic amines) is 1. The third kappa shape index (κ3) is 12.1. The lowest BCUT2D eigenvalue weighted by Gasteiger charge is -2.31. The molecule has 0 unspecified atom stereocenters. The molecule has 3 amide bonds. The number of halogens is 3. The number of carboxylic acids is 1. The average molecular weight is 878 g/mol. The first kappa shape index (κ1) is 47.1. The molecule has 0 radical (unpaired) electrons. The number of rotatable bonds is 21. The number of unbranched alkanes of at least 4 members (excludes halogenated alkanes) is 2. The van der Waals surface area contributed by atoms with E-state index in [-0.39, 0.29) is 57.5 Å². The van der Waals surface area contributed by atoms with Crippen LogP contribution in [0.15, 0.2) is 66.7 Å². The molecule has 0 spiro atoms. The Morgan fingerprint density at radius 1 is 1.03 bits per heavy atom. The number of hydrogen-bond acceptors (Lipinski definition) is 9. The molecule has 15 nitrogen and oxygen atoms in total. The second-order valence-corrected chi connectivity index (χ2v) is 15.4. The number of carboxylic acid groups (broad SMARTS) is 1. The third-order valence-electron chi connectivity index (χ3n) is 10.7. The number of ether oxygens (including phenoxy) is 1. The number of piperidine rings is 1. The molecule has 0 bridgehead atoms. The molecule has 62 heavy (non-hydrogen) atoms. The van der Waals surface area contributed by atoms with E-state index in [0.29, 0.717) is 82.0 Å². The van der Waals surface area contributed by atoms with E-state index in [1.54, 1.807) is 29.8 Å². The number of carbonyl (C=O) groups excluding carboxylic acids is 3. The van der Waals surface area contributed by atoms with Crippen LogP contribution in [-0.4, -0.2) is 99.5 Å². The maximum absolute atomic E-state index is 15.6. The van der Waals surface area contributed by atoms with Crippen LogP contribution in [-0.2, 0) is 27.9 Å². The molecule has 1 saturated heterocycles. The van der Waals surface area contributed by atoms with Crippen LogP contribution in [0.4, 0.5) is 14.5 Å². The molecule has 18 heteroatoms. The number of aliphatic carboxylic acids is 1. The summed E-state index contributed by atoms with van der Waals surface area (Å²) in [5.74, 6) is -4.41. The van der Waals surface area contributed by atoms with Gasteiger partial charge in [0.25, 0.3) is 11.8 Å². The van der Waals surface area contributed by atoms with Gasteiger partial charge in [0.1, 0.15) is 6.54 Å². The van der Waals surface area contributed by atoms with Crippen LogP contribution in [0.25, 0.3) is 22.4 Å². The largest absolute Gasteiger partial charge is 0.480 e. The Hall–Kier alpha value is -5.91. The Morgan fingerprint density at radius 2 is 1.77 bits per heavy atom. The minimum atomic E-state index is -1.10. The van der Waals surface area contributed by atoms with E-state index in [4.69, 9.17) is 27.2 Å². The molecule has 2 aromatic carbocycles. The van der Waals surface area contributed by atoms with Crippen molar-refractivity contribution in [2.75, 3.05) is 51.8 Å². The van der Waals surface area contributed by atoms with Crippen molar-refractivity contribution < 1.29 is 37.8 Å². The maximum Gasteiger partial charge on any atom is 0.322 e. The molecular formula is C44H54ClF2N9O6. The van der Waals surface area contributed by atoms with E-state index in [1.165, 1.54) is 54.3 Å². The molecule has 332 valence electrons. The number of amides is 3. The van der Waals surface area contributed by atoms with Crippen molar-refractivity contribution >= 4 is 41.0 Å². The minimum Gasteiger partial charge on any atom is -0.480 e. The monoisotopic (exact) mass is 877 g/mol. The summed E-state index contributed by atoms with van der Waals surface area (Å²) in [7, 11) is 3.08. The fraction of sp³-hybridized carbons (Fsp3) is 0.409. The van der Waals surface area contributed by atoms with Crippen molar-refractivity contribution in [1.29, 1.82) is 0 Å². The molecule has 6 N–H and O–H groups in total. The lowest BCUT2D eigenvalue weighted by molar-refractivity contribution is -0.135. The first-order valence-corrected chi connectivity index (χ1v) is 20.9. The zero-order valence-corrected chi connectivity index (χ0v) is 35.9. The number of hydrogen-bond donors (Lipinski definition) is 5. The number of nitrogens with one attached hydrogen (secondary N) is 3. The van der Waals surface area contributed by atoms with Crippen molar-refractivity contribution in [1.82, 2.24) is 34.9 Å². The topological polar surface area (TPSA) is 199 Å². The molecule has 0 atom stereocenters. The standard InChI is InChI=1S/C44H54ClF2N9O6/c1-28-35(25-52-56(28)22-23-62-3)32-12-13-34(40(47)39(32)46)37-26-51-41(54(37)2)43(60)53-31-10-11-33(36(45)24-31)44(61)55-20-15-30(16-21-55)42(59)50-18-7-9-29(8-5-4-6-17-48)14-19-49-27-38(57)58/h8,10-14,19,24-26,30,49H,4-7,9,15-18,20-23,27,48H2,1-3H3,(H,50,59)(H,53,60)(H,57,58)/b19-14-,29-8-. The van der Waals surface area contributed by atoms with Crippen LogP contribution < -0.4 is 21.7 Å². The fourth-order valence-corrected chi connectivity index (χ4v) is 7.46. The quantitative estimate of drug-likeness (QED) is 0.0483.